The Balaban J connectivity index is 2.22. The Morgan fingerprint density at radius 3 is 2.65 bits per heavy atom. The topological polar surface area (TPSA) is 53.4 Å². The van der Waals surface area contributed by atoms with E-state index in [0.29, 0.717) is 16.8 Å². The Kier molecular flexibility index (Phi) is 5.10. The van der Waals surface area contributed by atoms with Gasteiger partial charge in [0, 0.05) is 13.2 Å². The van der Waals surface area contributed by atoms with Crippen LogP contribution in [0.4, 0.5) is 8.78 Å². The molecule has 1 aromatic heterocycles. The number of aromatic nitrogens is 2. The number of hydrogen-bond acceptors (Lipinski definition) is 4. The van der Waals surface area contributed by atoms with Crippen molar-refractivity contribution in [2.75, 3.05) is 7.11 Å². The first-order valence-corrected chi connectivity index (χ1v) is 6.76. The Hall–Kier alpha value is -2.70. The third-order valence-corrected chi connectivity index (χ3v) is 3.11. The highest BCUT2D eigenvalue weighted by Gasteiger charge is 2.12. The zero-order valence-electron chi connectivity index (χ0n) is 12.9. The van der Waals surface area contributed by atoms with Crippen LogP contribution in [0.5, 0.6) is 11.5 Å². The summed E-state index contributed by atoms with van der Waals surface area (Å²) < 4.78 is 35.7. The van der Waals surface area contributed by atoms with Crippen LogP contribution >= 0.6 is 0 Å². The number of halogens is 2. The minimum absolute atomic E-state index is 0.0883. The van der Waals surface area contributed by atoms with Crippen LogP contribution in [0.3, 0.4) is 0 Å². The average Bonchev–Trinajstić information content (AvgIpc) is 2.83. The second-order valence-corrected chi connectivity index (χ2v) is 4.79. The molecule has 0 bridgehead atoms. The summed E-state index contributed by atoms with van der Waals surface area (Å²) in [5, 5.41) is 4.10. The quantitative estimate of drug-likeness (QED) is 0.605. The minimum Gasteiger partial charge on any atom is -0.493 e. The summed E-state index contributed by atoms with van der Waals surface area (Å²) in [6, 6.07) is 4.51. The van der Waals surface area contributed by atoms with Crippen LogP contribution in [-0.4, -0.2) is 29.3 Å². The molecule has 23 heavy (non-hydrogen) atoms. The first-order chi connectivity index (χ1) is 10.9. The highest BCUT2D eigenvalue weighted by atomic mass is 19.3. The van der Waals surface area contributed by atoms with Crippen LogP contribution in [0.2, 0.25) is 0 Å². The van der Waals surface area contributed by atoms with Crippen molar-refractivity contribution < 1.29 is 23.0 Å². The molecule has 0 fully saturated rings. The Morgan fingerprint density at radius 2 is 2.09 bits per heavy atom. The summed E-state index contributed by atoms with van der Waals surface area (Å²) in [5.74, 6) is -0.116. The molecule has 0 unspecified atom stereocenters. The lowest BCUT2D eigenvalue weighted by Crippen LogP contribution is -2.03. The predicted octanol–water partition coefficient (Wildman–Crippen LogP) is 3.23. The number of allylic oxidation sites excluding steroid dienone is 1. The highest BCUT2D eigenvalue weighted by Crippen LogP contribution is 2.30. The fourth-order valence-electron chi connectivity index (χ4n) is 2.09. The van der Waals surface area contributed by atoms with Crippen LogP contribution in [0, 0.1) is 6.92 Å². The monoisotopic (exact) mass is 322 g/mol. The molecule has 1 heterocycles. The molecule has 0 radical (unpaired) electrons. The average molecular weight is 322 g/mol. The summed E-state index contributed by atoms with van der Waals surface area (Å²) in [6.45, 7) is -1.22. The van der Waals surface area contributed by atoms with E-state index in [1.807, 2.05) is 0 Å². The molecule has 5 nitrogen and oxygen atoms in total. The Labute approximate surface area is 132 Å². The number of carbonyl (C=O) groups is 1. The van der Waals surface area contributed by atoms with Gasteiger partial charge in [-0.05, 0) is 30.7 Å². The summed E-state index contributed by atoms with van der Waals surface area (Å²) in [6.07, 6.45) is 4.51. The molecular weight excluding hydrogens is 306 g/mol. The fourth-order valence-corrected chi connectivity index (χ4v) is 2.09. The molecular formula is C16H16F2N2O3. The van der Waals surface area contributed by atoms with E-state index in [0.717, 1.165) is 0 Å². The molecule has 2 aromatic rings. The van der Waals surface area contributed by atoms with Gasteiger partial charge in [0.1, 0.15) is 0 Å². The maximum atomic E-state index is 12.4. The molecule has 1 aromatic carbocycles. The van der Waals surface area contributed by atoms with Crippen molar-refractivity contribution in [2.45, 2.75) is 13.5 Å². The number of ketones is 1. The molecule has 0 aliphatic heterocycles. The van der Waals surface area contributed by atoms with E-state index in [1.165, 1.54) is 31.4 Å². The highest BCUT2D eigenvalue weighted by molar-refractivity contribution is 6.07. The first kappa shape index (κ1) is 16.7. The summed E-state index contributed by atoms with van der Waals surface area (Å²) in [7, 11) is 3.09. The van der Waals surface area contributed by atoms with Crippen LogP contribution in [0.1, 0.15) is 21.6 Å². The Morgan fingerprint density at radius 1 is 1.35 bits per heavy atom. The van der Waals surface area contributed by atoms with E-state index in [-0.39, 0.29) is 17.3 Å². The number of rotatable bonds is 6. The number of nitrogens with zero attached hydrogens (tertiary/aromatic N) is 2. The van der Waals surface area contributed by atoms with E-state index in [9.17, 15) is 13.6 Å². The summed E-state index contributed by atoms with van der Waals surface area (Å²) in [4.78, 5) is 12.1. The molecule has 0 N–H and O–H groups in total. The maximum Gasteiger partial charge on any atom is 0.387 e. The fraction of sp³-hybridized carbons (Fsp3) is 0.250. The van der Waals surface area contributed by atoms with Gasteiger partial charge in [0.15, 0.2) is 17.3 Å². The number of aryl methyl sites for hydroxylation is 2. The van der Waals surface area contributed by atoms with E-state index in [2.05, 4.69) is 9.84 Å². The van der Waals surface area contributed by atoms with Gasteiger partial charge in [-0.25, -0.2) is 0 Å². The van der Waals surface area contributed by atoms with Crippen LogP contribution in [0.15, 0.2) is 30.5 Å². The molecule has 2 rings (SSSR count). The van der Waals surface area contributed by atoms with Crippen molar-refractivity contribution in [3.63, 3.8) is 0 Å². The molecule has 0 amide bonds. The lowest BCUT2D eigenvalue weighted by Gasteiger charge is -2.10. The molecule has 0 spiro atoms. The number of ether oxygens (including phenoxy) is 2. The van der Waals surface area contributed by atoms with Crippen molar-refractivity contribution >= 4 is 11.9 Å². The van der Waals surface area contributed by atoms with Crippen LogP contribution in [-0.2, 0) is 7.05 Å². The minimum atomic E-state index is -2.96. The van der Waals surface area contributed by atoms with Crippen LogP contribution < -0.4 is 9.47 Å². The van der Waals surface area contributed by atoms with Gasteiger partial charge in [0.2, 0.25) is 0 Å². The summed E-state index contributed by atoms with van der Waals surface area (Å²) >= 11 is 0. The van der Waals surface area contributed by atoms with Crippen molar-refractivity contribution in [2.24, 2.45) is 7.05 Å². The van der Waals surface area contributed by atoms with Gasteiger partial charge in [0.05, 0.1) is 18.4 Å². The lowest BCUT2D eigenvalue weighted by molar-refractivity contribution is -0.0512. The van der Waals surface area contributed by atoms with Crippen molar-refractivity contribution in [3.05, 3.63) is 47.3 Å². The standard InChI is InChI=1S/C16H16F2N2O3/c1-10-12(9-20(2)19-10)13(21)6-4-11-5-7-14(22-3)15(8-11)23-16(17)18/h4-9,16H,1-3H3/b6-4-. The smallest absolute Gasteiger partial charge is 0.387 e. The van der Waals surface area contributed by atoms with E-state index < -0.39 is 6.61 Å². The molecule has 0 aliphatic carbocycles. The largest absolute Gasteiger partial charge is 0.493 e. The SMILES string of the molecule is COc1ccc(/C=C\C(=O)c2cn(C)nc2C)cc1OC(F)F. The molecule has 0 saturated heterocycles. The molecule has 0 atom stereocenters. The molecule has 0 aliphatic rings. The van der Waals surface area contributed by atoms with E-state index in [4.69, 9.17) is 4.74 Å². The number of benzene rings is 1. The lowest BCUT2D eigenvalue weighted by atomic mass is 10.1. The van der Waals surface area contributed by atoms with Crippen LogP contribution in [0.25, 0.3) is 6.08 Å². The van der Waals surface area contributed by atoms with Gasteiger partial charge in [-0.3, -0.25) is 9.48 Å². The summed E-state index contributed by atoms with van der Waals surface area (Å²) in [5.41, 5.74) is 1.65. The van der Waals surface area contributed by atoms with Crippen molar-refractivity contribution in [1.29, 1.82) is 0 Å². The van der Waals surface area contributed by atoms with Gasteiger partial charge >= 0.3 is 6.61 Å². The maximum absolute atomic E-state index is 12.4. The third-order valence-electron chi connectivity index (χ3n) is 3.11. The van der Waals surface area contributed by atoms with E-state index in [1.54, 1.807) is 30.9 Å². The number of carbonyl (C=O) groups excluding carboxylic acids is 1. The number of alkyl halides is 2. The zero-order valence-corrected chi connectivity index (χ0v) is 12.9. The van der Waals surface area contributed by atoms with Gasteiger partial charge in [-0.15, -0.1) is 0 Å². The predicted molar refractivity (Wildman–Crippen MR) is 80.9 cm³/mol. The molecule has 122 valence electrons. The second kappa shape index (κ2) is 7.04. The van der Waals surface area contributed by atoms with E-state index >= 15 is 0 Å². The molecule has 0 saturated carbocycles. The van der Waals surface area contributed by atoms with Gasteiger partial charge in [-0.2, -0.15) is 13.9 Å². The van der Waals surface area contributed by atoms with Crippen molar-refractivity contribution in [1.82, 2.24) is 9.78 Å². The van der Waals surface area contributed by atoms with Gasteiger partial charge < -0.3 is 9.47 Å². The van der Waals surface area contributed by atoms with Gasteiger partial charge in [-0.1, -0.05) is 12.1 Å². The number of methoxy groups -OCH3 is 1. The third kappa shape index (κ3) is 4.15. The first-order valence-electron chi connectivity index (χ1n) is 6.76. The second-order valence-electron chi connectivity index (χ2n) is 4.79. The normalized spacial score (nSPS) is 11.2. The van der Waals surface area contributed by atoms with Crippen molar-refractivity contribution in [3.8, 4) is 11.5 Å². The Bertz CT molecular complexity index is 739. The molecule has 7 heteroatoms. The number of hydrogen-bond donors (Lipinski definition) is 0. The van der Waals surface area contributed by atoms with Gasteiger partial charge in [0.25, 0.3) is 0 Å². The zero-order chi connectivity index (χ0) is 17.0.